The van der Waals surface area contributed by atoms with Crippen molar-refractivity contribution in [2.45, 2.75) is 12.5 Å². The van der Waals surface area contributed by atoms with Crippen molar-refractivity contribution in [3.8, 4) is 0 Å². The van der Waals surface area contributed by atoms with E-state index >= 15 is 0 Å². The molecule has 1 aromatic carbocycles. The normalized spacial score (nSPS) is 12.2. The second-order valence-electron chi connectivity index (χ2n) is 5.20. The van der Waals surface area contributed by atoms with Crippen LogP contribution in [0, 0.1) is 0 Å². The molecule has 2 heterocycles. The molecule has 1 unspecified atom stereocenters. The predicted octanol–water partition coefficient (Wildman–Crippen LogP) is 1.93. The first-order valence-electron chi connectivity index (χ1n) is 7.08. The molecule has 3 aromatic rings. The number of fused-ring (bicyclic) bond motifs is 1. The molecule has 6 nitrogen and oxygen atoms in total. The minimum atomic E-state index is -0.758. The van der Waals surface area contributed by atoms with Crippen LogP contribution in [0.4, 0.5) is 0 Å². The number of benzene rings is 1. The molecule has 0 aliphatic rings. The quantitative estimate of drug-likeness (QED) is 0.699. The number of primary amides is 1. The highest BCUT2D eigenvalue weighted by molar-refractivity contribution is 6.09. The molecule has 1 amide bonds. The molecule has 23 heavy (non-hydrogen) atoms. The van der Waals surface area contributed by atoms with Gasteiger partial charge in [-0.3, -0.25) is 14.6 Å². The zero-order chi connectivity index (χ0) is 16.4. The van der Waals surface area contributed by atoms with Gasteiger partial charge < -0.3 is 15.9 Å². The van der Waals surface area contributed by atoms with Gasteiger partial charge in [0.25, 0.3) is 0 Å². The molecule has 0 fully saturated rings. The highest BCUT2D eigenvalue weighted by atomic mass is 16.3. The van der Waals surface area contributed by atoms with Crippen molar-refractivity contribution >= 4 is 22.6 Å². The molecule has 1 atom stereocenters. The minimum Gasteiger partial charge on any atom is -0.461 e. The zero-order valence-electron chi connectivity index (χ0n) is 12.2. The van der Waals surface area contributed by atoms with Crippen LogP contribution in [0.3, 0.4) is 0 Å². The van der Waals surface area contributed by atoms with Crippen LogP contribution in [-0.2, 0) is 4.79 Å². The first-order valence-corrected chi connectivity index (χ1v) is 7.08. The van der Waals surface area contributed by atoms with Gasteiger partial charge in [0.15, 0.2) is 5.76 Å². The lowest BCUT2D eigenvalue weighted by atomic mass is 9.98. The largest absolute Gasteiger partial charge is 0.461 e. The third-order valence-electron chi connectivity index (χ3n) is 3.52. The highest BCUT2D eigenvalue weighted by Crippen LogP contribution is 2.24. The number of rotatable bonds is 5. The van der Waals surface area contributed by atoms with Crippen LogP contribution in [0.1, 0.15) is 34.3 Å². The predicted molar refractivity (Wildman–Crippen MR) is 84.6 cm³/mol. The lowest BCUT2D eigenvalue weighted by Crippen LogP contribution is -2.23. The van der Waals surface area contributed by atoms with Gasteiger partial charge in [-0.05, 0) is 24.3 Å². The molecular weight excluding hydrogens is 294 g/mol. The summed E-state index contributed by atoms with van der Waals surface area (Å²) >= 11 is 0. The van der Waals surface area contributed by atoms with Crippen molar-refractivity contribution in [3.63, 3.8) is 0 Å². The van der Waals surface area contributed by atoms with E-state index in [9.17, 15) is 9.59 Å². The summed E-state index contributed by atoms with van der Waals surface area (Å²) in [6, 6.07) is 11.5. The van der Waals surface area contributed by atoms with Crippen LogP contribution < -0.4 is 11.5 Å². The lowest BCUT2D eigenvalue weighted by molar-refractivity contribution is -0.118. The van der Waals surface area contributed by atoms with Crippen molar-refractivity contribution < 1.29 is 14.0 Å². The van der Waals surface area contributed by atoms with E-state index in [1.165, 1.54) is 6.26 Å². The topological polar surface area (TPSA) is 112 Å². The maximum atomic E-state index is 12.7. The number of hydrogen-bond acceptors (Lipinski definition) is 5. The molecule has 0 aliphatic carbocycles. The third-order valence-corrected chi connectivity index (χ3v) is 3.52. The van der Waals surface area contributed by atoms with Crippen molar-refractivity contribution in [1.29, 1.82) is 0 Å². The third kappa shape index (κ3) is 2.97. The summed E-state index contributed by atoms with van der Waals surface area (Å²) in [7, 11) is 0. The van der Waals surface area contributed by atoms with E-state index in [4.69, 9.17) is 15.9 Å². The van der Waals surface area contributed by atoms with Gasteiger partial charge in [-0.25, -0.2) is 0 Å². The number of carbonyl (C=O) groups is 2. The van der Waals surface area contributed by atoms with E-state index in [1.807, 2.05) is 24.3 Å². The van der Waals surface area contributed by atoms with E-state index in [-0.39, 0.29) is 18.0 Å². The van der Waals surface area contributed by atoms with Crippen LogP contribution in [-0.4, -0.2) is 16.7 Å². The zero-order valence-corrected chi connectivity index (χ0v) is 12.2. The smallest absolute Gasteiger partial charge is 0.230 e. The molecular formula is C17H15N3O3. The molecule has 6 heteroatoms. The molecule has 0 bridgehead atoms. The number of aromatic nitrogens is 1. The average molecular weight is 309 g/mol. The van der Waals surface area contributed by atoms with E-state index < -0.39 is 11.9 Å². The van der Waals surface area contributed by atoms with Crippen LogP contribution in [0.5, 0.6) is 0 Å². The van der Waals surface area contributed by atoms with Gasteiger partial charge in [-0.1, -0.05) is 18.2 Å². The van der Waals surface area contributed by atoms with Gasteiger partial charge in [0.2, 0.25) is 11.7 Å². The number of nitrogens with zero attached hydrogens (tertiary/aromatic N) is 1. The molecule has 0 aliphatic heterocycles. The number of para-hydroxylation sites is 1. The molecule has 4 N–H and O–H groups in total. The van der Waals surface area contributed by atoms with Crippen LogP contribution in [0.2, 0.25) is 0 Å². The SMILES string of the molecule is NC(=O)CC(N)c1nc2ccccc2cc1C(=O)c1ccco1. The van der Waals surface area contributed by atoms with Gasteiger partial charge in [0.05, 0.1) is 23.5 Å². The Hall–Kier alpha value is -2.99. The van der Waals surface area contributed by atoms with Crippen LogP contribution >= 0.6 is 0 Å². The second kappa shape index (κ2) is 6.02. The fourth-order valence-electron chi connectivity index (χ4n) is 2.45. The van der Waals surface area contributed by atoms with Gasteiger partial charge in [-0.15, -0.1) is 0 Å². The Morgan fingerprint density at radius 2 is 1.96 bits per heavy atom. The Bertz CT molecular complexity index is 872. The van der Waals surface area contributed by atoms with Crippen LogP contribution in [0.25, 0.3) is 10.9 Å². The van der Waals surface area contributed by atoms with Gasteiger partial charge >= 0.3 is 0 Å². The first kappa shape index (κ1) is 14.9. The van der Waals surface area contributed by atoms with Crippen molar-refractivity contribution in [1.82, 2.24) is 4.98 Å². The number of carbonyl (C=O) groups excluding carboxylic acids is 2. The summed E-state index contributed by atoms with van der Waals surface area (Å²) in [4.78, 5) is 28.3. The Morgan fingerprint density at radius 1 is 1.17 bits per heavy atom. The number of pyridine rings is 1. The Balaban J connectivity index is 2.16. The fraction of sp³-hybridized carbons (Fsp3) is 0.118. The molecule has 0 saturated carbocycles. The molecule has 116 valence electrons. The van der Waals surface area contributed by atoms with E-state index in [2.05, 4.69) is 4.98 Å². The van der Waals surface area contributed by atoms with Gasteiger partial charge in [-0.2, -0.15) is 0 Å². The van der Waals surface area contributed by atoms with Gasteiger partial charge in [0.1, 0.15) is 0 Å². The van der Waals surface area contributed by atoms with Crippen molar-refractivity contribution in [3.05, 3.63) is 65.7 Å². The number of hydrogen-bond donors (Lipinski definition) is 2. The summed E-state index contributed by atoms with van der Waals surface area (Å²) in [6.45, 7) is 0. The first-order chi connectivity index (χ1) is 11.1. The number of amides is 1. The molecule has 0 radical (unpaired) electrons. The summed E-state index contributed by atoms with van der Waals surface area (Å²) in [5.74, 6) is -0.693. The Morgan fingerprint density at radius 3 is 2.65 bits per heavy atom. The van der Waals surface area contributed by atoms with E-state index in [1.54, 1.807) is 18.2 Å². The van der Waals surface area contributed by atoms with Crippen molar-refractivity contribution in [2.75, 3.05) is 0 Å². The summed E-state index contributed by atoms with van der Waals surface area (Å²) in [5.41, 5.74) is 12.6. The Labute approximate surface area is 132 Å². The molecule has 0 saturated heterocycles. The number of furan rings is 1. The summed E-state index contributed by atoms with van der Waals surface area (Å²) < 4.78 is 5.17. The molecule has 0 spiro atoms. The van der Waals surface area contributed by atoms with E-state index in [0.717, 1.165) is 5.39 Å². The van der Waals surface area contributed by atoms with Gasteiger partial charge in [0, 0.05) is 17.4 Å². The van der Waals surface area contributed by atoms with E-state index in [0.29, 0.717) is 16.8 Å². The fourth-order valence-corrected chi connectivity index (χ4v) is 2.45. The summed E-state index contributed by atoms with van der Waals surface area (Å²) in [6.07, 6.45) is 1.33. The molecule has 2 aromatic heterocycles. The summed E-state index contributed by atoms with van der Waals surface area (Å²) in [5, 5.41) is 0.803. The van der Waals surface area contributed by atoms with Crippen LogP contribution in [0.15, 0.2) is 53.1 Å². The standard InChI is InChI=1S/C17H15N3O3/c18-12(9-15(19)21)16-11(17(22)14-6-3-7-23-14)8-10-4-1-2-5-13(10)20-16/h1-8,12H,9,18H2,(H2,19,21). The maximum absolute atomic E-state index is 12.7. The number of nitrogens with two attached hydrogens (primary N) is 2. The van der Waals surface area contributed by atoms with Crippen molar-refractivity contribution in [2.24, 2.45) is 11.5 Å². The monoisotopic (exact) mass is 309 g/mol. The minimum absolute atomic E-state index is 0.0935. The second-order valence-corrected chi connectivity index (χ2v) is 5.20. The average Bonchev–Trinajstić information content (AvgIpc) is 3.06. The number of ketones is 1. The molecule has 3 rings (SSSR count). The lowest BCUT2D eigenvalue weighted by Gasteiger charge is -2.14. The Kier molecular flexibility index (Phi) is 3.91. The highest BCUT2D eigenvalue weighted by Gasteiger charge is 2.23. The maximum Gasteiger partial charge on any atom is 0.230 e.